The van der Waals surface area contributed by atoms with Gasteiger partial charge in [0.1, 0.15) is 0 Å². The van der Waals surface area contributed by atoms with E-state index in [0.717, 1.165) is 60.7 Å². The lowest BCUT2D eigenvalue weighted by Gasteiger charge is -2.52. The highest BCUT2D eigenvalue weighted by Gasteiger charge is 2.47. The number of nitrogens with zero attached hydrogens (tertiary/aromatic N) is 3. The van der Waals surface area contributed by atoms with E-state index in [1.54, 1.807) is 15.6 Å². The molecule has 2 fully saturated rings. The van der Waals surface area contributed by atoms with Crippen molar-refractivity contribution in [2.45, 2.75) is 52.0 Å². The highest BCUT2D eigenvalue weighted by molar-refractivity contribution is 7.88. The van der Waals surface area contributed by atoms with Crippen molar-refractivity contribution in [1.82, 2.24) is 14.2 Å². The van der Waals surface area contributed by atoms with Gasteiger partial charge in [-0.2, -0.15) is 4.31 Å². The van der Waals surface area contributed by atoms with Crippen molar-refractivity contribution in [3.05, 3.63) is 34.7 Å². The molecule has 0 radical (unpaired) electrons. The zero-order valence-corrected chi connectivity index (χ0v) is 21.6. The molecule has 3 heterocycles. The third-order valence-electron chi connectivity index (χ3n) is 7.17. The Bertz CT molecular complexity index is 1120. The molecule has 2 aliphatic rings. The molecule has 0 atom stereocenters. The average Bonchev–Trinajstić information content (AvgIpc) is 3.17. The van der Waals surface area contributed by atoms with Gasteiger partial charge < -0.3 is 5.32 Å². The Labute approximate surface area is 201 Å². The number of anilines is 1. The Morgan fingerprint density at radius 1 is 1.18 bits per heavy atom. The molecule has 0 bridgehead atoms. The molecular formula is C24H34N4O3S2. The van der Waals surface area contributed by atoms with Crippen molar-refractivity contribution in [3.8, 4) is 11.3 Å². The predicted molar refractivity (Wildman–Crippen MR) is 134 cm³/mol. The number of aromatic nitrogens is 1. The van der Waals surface area contributed by atoms with Crippen LogP contribution in [-0.2, 0) is 14.8 Å². The number of rotatable bonds is 5. The fraction of sp³-hybridized carbons (Fsp3) is 0.583. The minimum Gasteiger partial charge on any atom is -0.325 e. The Morgan fingerprint density at radius 3 is 2.55 bits per heavy atom. The molecule has 7 nitrogen and oxygen atoms in total. The van der Waals surface area contributed by atoms with Gasteiger partial charge in [0.15, 0.2) is 0 Å². The number of nitrogens with one attached hydrogen (secondary N) is 1. The van der Waals surface area contributed by atoms with Crippen molar-refractivity contribution >= 4 is 33.0 Å². The van der Waals surface area contributed by atoms with E-state index in [1.807, 2.05) is 50.4 Å². The fourth-order valence-electron chi connectivity index (χ4n) is 5.11. The molecule has 33 heavy (non-hydrogen) atoms. The predicted octanol–water partition coefficient (Wildman–Crippen LogP) is 3.97. The standard InChI is InChI=1S/C24H34N4O3S2/c1-18-25-21(16-32-18)19-6-5-7-20(14-19)26-22(29)15-27-12-10-24(11-13-27)9-8-23(2,3)28(17-24)33(4,30)31/h5-7,14,16H,8-13,15,17H2,1-4H3,(H,26,29). The Balaban J connectivity index is 1.33. The summed E-state index contributed by atoms with van der Waals surface area (Å²) < 4.78 is 26.5. The number of hydrogen-bond acceptors (Lipinski definition) is 6. The van der Waals surface area contributed by atoms with Gasteiger partial charge in [-0.15, -0.1) is 11.3 Å². The van der Waals surface area contributed by atoms with Crippen LogP contribution in [0.2, 0.25) is 0 Å². The SMILES string of the molecule is Cc1nc(-c2cccc(NC(=O)CN3CCC4(CC3)CCC(C)(C)N(S(C)(=O)=O)C4)c2)cs1. The number of hydrogen-bond donors (Lipinski definition) is 1. The molecule has 4 rings (SSSR count). The van der Waals surface area contributed by atoms with Gasteiger partial charge in [-0.1, -0.05) is 12.1 Å². The van der Waals surface area contributed by atoms with E-state index in [2.05, 4.69) is 15.2 Å². The molecule has 2 saturated heterocycles. The van der Waals surface area contributed by atoms with Gasteiger partial charge in [-0.25, -0.2) is 13.4 Å². The molecule has 0 unspecified atom stereocenters. The maximum atomic E-state index is 12.7. The van der Waals surface area contributed by atoms with Crippen LogP contribution in [0, 0.1) is 12.3 Å². The van der Waals surface area contributed by atoms with E-state index < -0.39 is 10.0 Å². The summed E-state index contributed by atoms with van der Waals surface area (Å²) in [5.41, 5.74) is 2.38. The molecule has 9 heteroatoms. The first kappa shape index (κ1) is 24.3. The number of thiazole rings is 1. The number of carbonyl (C=O) groups excluding carboxylic acids is 1. The van der Waals surface area contributed by atoms with E-state index in [0.29, 0.717) is 13.1 Å². The number of piperidine rings is 2. The quantitative estimate of drug-likeness (QED) is 0.686. The van der Waals surface area contributed by atoms with Crippen molar-refractivity contribution < 1.29 is 13.2 Å². The van der Waals surface area contributed by atoms with Gasteiger partial charge in [0.05, 0.1) is 23.5 Å². The number of likely N-dealkylation sites (tertiary alicyclic amines) is 1. The molecule has 0 saturated carbocycles. The van der Waals surface area contributed by atoms with Crippen molar-refractivity contribution in [1.29, 1.82) is 0 Å². The third-order valence-corrected chi connectivity index (χ3v) is 9.36. The number of amides is 1. The van der Waals surface area contributed by atoms with E-state index in [4.69, 9.17) is 0 Å². The Kier molecular flexibility index (Phi) is 6.70. The number of carbonyl (C=O) groups is 1. The summed E-state index contributed by atoms with van der Waals surface area (Å²) in [5.74, 6) is -0.0277. The van der Waals surface area contributed by atoms with E-state index in [1.165, 1.54) is 6.26 Å². The molecule has 1 aromatic heterocycles. The second-order valence-electron chi connectivity index (χ2n) is 10.2. The van der Waals surface area contributed by atoms with Gasteiger partial charge in [0.2, 0.25) is 15.9 Å². The molecule has 1 N–H and O–H groups in total. The lowest BCUT2D eigenvalue weighted by Crippen LogP contribution is -2.58. The molecule has 180 valence electrons. The van der Waals surface area contributed by atoms with E-state index >= 15 is 0 Å². The lowest BCUT2D eigenvalue weighted by molar-refractivity contribution is -0.118. The average molecular weight is 491 g/mol. The van der Waals surface area contributed by atoms with Crippen LogP contribution in [0.3, 0.4) is 0 Å². The summed E-state index contributed by atoms with van der Waals surface area (Å²) in [6.07, 6.45) is 5.06. The molecule has 2 aliphatic heterocycles. The smallest absolute Gasteiger partial charge is 0.238 e. The molecule has 1 aromatic carbocycles. The normalized spacial score (nSPS) is 21.2. The van der Waals surface area contributed by atoms with Crippen LogP contribution in [0.15, 0.2) is 29.6 Å². The van der Waals surface area contributed by atoms with E-state index in [-0.39, 0.29) is 16.9 Å². The minimum absolute atomic E-state index is 0.0194. The highest BCUT2D eigenvalue weighted by Crippen LogP contribution is 2.45. The topological polar surface area (TPSA) is 82.6 Å². The summed E-state index contributed by atoms with van der Waals surface area (Å²) in [6, 6.07) is 7.79. The third kappa shape index (κ3) is 5.65. The van der Waals surface area contributed by atoms with Gasteiger partial charge in [0.25, 0.3) is 0 Å². The van der Waals surface area contributed by atoms with Gasteiger partial charge in [-0.05, 0) is 77.1 Å². The summed E-state index contributed by atoms with van der Waals surface area (Å²) in [7, 11) is -3.25. The van der Waals surface area contributed by atoms with Crippen LogP contribution in [0.1, 0.15) is 44.5 Å². The molecule has 0 aliphatic carbocycles. The van der Waals surface area contributed by atoms with Gasteiger partial charge >= 0.3 is 0 Å². The van der Waals surface area contributed by atoms with Crippen molar-refractivity contribution in [2.75, 3.05) is 37.8 Å². The minimum atomic E-state index is -3.25. The highest BCUT2D eigenvalue weighted by atomic mass is 32.2. The monoisotopic (exact) mass is 490 g/mol. The second-order valence-corrected chi connectivity index (χ2v) is 13.2. The number of aryl methyl sites for hydroxylation is 1. The zero-order chi connectivity index (χ0) is 23.9. The fourth-order valence-corrected chi connectivity index (χ4v) is 7.23. The van der Waals surface area contributed by atoms with Gasteiger partial charge in [-0.3, -0.25) is 9.69 Å². The number of benzene rings is 1. The first-order chi connectivity index (χ1) is 15.5. The molecule has 1 amide bonds. The largest absolute Gasteiger partial charge is 0.325 e. The molecule has 1 spiro atoms. The first-order valence-corrected chi connectivity index (χ1v) is 14.2. The Hall–Kier alpha value is -1.81. The van der Waals surface area contributed by atoms with E-state index in [9.17, 15) is 13.2 Å². The second kappa shape index (κ2) is 9.09. The first-order valence-electron chi connectivity index (χ1n) is 11.5. The Morgan fingerprint density at radius 2 is 1.91 bits per heavy atom. The van der Waals surface area contributed by atoms with Crippen LogP contribution < -0.4 is 5.32 Å². The van der Waals surface area contributed by atoms with Gasteiger partial charge in [0, 0.05) is 28.7 Å². The summed E-state index contributed by atoms with van der Waals surface area (Å²) in [4.78, 5) is 19.4. The summed E-state index contributed by atoms with van der Waals surface area (Å²) in [6.45, 7) is 8.57. The maximum absolute atomic E-state index is 12.7. The van der Waals surface area contributed by atoms with Crippen molar-refractivity contribution in [2.24, 2.45) is 5.41 Å². The zero-order valence-electron chi connectivity index (χ0n) is 19.9. The van der Waals surface area contributed by atoms with Crippen LogP contribution in [-0.4, -0.2) is 66.5 Å². The maximum Gasteiger partial charge on any atom is 0.238 e. The molecule has 2 aromatic rings. The number of sulfonamides is 1. The van der Waals surface area contributed by atoms with Crippen LogP contribution >= 0.6 is 11.3 Å². The lowest BCUT2D eigenvalue weighted by atomic mass is 9.69. The van der Waals surface area contributed by atoms with Crippen LogP contribution in [0.4, 0.5) is 5.69 Å². The molecular weight excluding hydrogens is 456 g/mol. The summed E-state index contributed by atoms with van der Waals surface area (Å²) in [5, 5.41) is 6.06. The van der Waals surface area contributed by atoms with Crippen LogP contribution in [0.5, 0.6) is 0 Å². The van der Waals surface area contributed by atoms with Crippen molar-refractivity contribution in [3.63, 3.8) is 0 Å². The summed E-state index contributed by atoms with van der Waals surface area (Å²) >= 11 is 1.61. The van der Waals surface area contributed by atoms with Crippen LogP contribution in [0.25, 0.3) is 11.3 Å².